The SMILES string of the molecule is COC(=O)C1CC[C@H](NS(=O)(=O)c2ccccc2-c2ccc(F)cc2F)C1. The van der Waals surface area contributed by atoms with Gasteiger partial charge in [0.1, 0.15) is 11.6 Å². The highest BCUT2D eigenvalue weighted by Gasteiger charge is 2.34. The van der Waals surface area contributed by atoms with E-state index in [-0.39, 0.29) is 27.9 Å². The molecular weight excluding hydrogens is 376 g/mol. The zero-order chi connectivity index (χ0) is 19.6. The van der Waals surface area contributed by atoms with Crippen LogP contribution in [0.5, 0.6) is 0 Å². The minimum absolute atomic E-state index is 0.00349. The Morgan fingerprint density at radius 2 is 1.85 bits per heavy atom. The molecule has 0 radical (unpaired) electrons. The molecule has 1 unspecified atom stereocenters. The quantitative estimate of drug-likeness (QED) is 0.789. The Morgan fingerprint density at radius 3 is 2.56 bits per heavy atom. The number of benzene rings is 2. The summed E-state index contributed by atoms with van der Waals surface area (Å²) in [5, 5.41) is 0. The smallest absolute Gasteiger partial charge is 0.308 e. The lowest BCUT2D eigenvalue weighted by molar-refractivity contribution is -0.145. The van der Waals surface area contributed by atoms with Gasteiger partial charge in [0.15, 0.2) is 0 Å². The molecule has 0 amide bonds. The maximum atomic E-state index is 14.2. The van der Waals surface area contributed by atoms with Gasteiger partial charge in [-0.25, -0.2) is 21.9 Å². The fourth-order valence-electron chi connectivity index (χ4n) is 3.38. The number of methoxy groups -OCH3 is 1. The number of halogens is 2. The second-order valence-electron chi connectivity index (χ2n) is 6.47. The van der Waals surface area contributed by atoms with E-state index in [1.54, 1.807) is 6.07 Å². The van der Waals surface area contributed by atoms with Crippen LogP contribution >= 0.6 is 0 Å². The first kappa shape index (κ1) is 19.4. The summed E-state index contributed by atoms with van der Waals surface area (Å²) in [5.74, 6) is -2.28. The Morgan fingerprint density at radius 1 is 1.11 bits per heavy atom. The summed E-state index contributed by atoms with van der Waals surface area (Å²) in [7, 11) is -2.67. The summed E-state index contributed by atoms with van der Waals surface area (Å²) in [6.07, 6.45) is 1.39. The summed E-state index contributed by atoms with van der Waals surface area (Å²) in [4.78, 5) is 11.5. The molecule has 0 saturated heterocycles. The number of esters is 1. The van der Waals surface area contributed by atoms with Crippen molar-refractivity contribution in [2.75, 3.05) is 7.11 Å². The Labute approximate surface area is 156 Å². The topological polar surface area (TPSA) is 72.5 Å². The molecule has 1 N–H and O–H groups in total. The van der Waals surface area contributed by atoms with Gasteiger partial charge in [-0.3, -0.25) is 4.79 Å². The fraction of sp³-hybridized carbons (Fsp3) is 0.316. The molecule has 144 valence electrons. The summed E-state index contributed by atoms with van der Waals surface area (Å²) in [5.41, 5.74) is 0.140. The summed E-state index contributed by atoms with van der Waals surface area (Å²) < 4.78 is 60.4. The van der Waals surface area contributed by atoms with Gasteiger partial charge in [0.25, 0.3) is 0 Å². The van der Waals surface area contributed by atoms with Crippen molar-refractivity contribution >= 4 is 16.0 Å². The number of carbonyl (C=O) groups excluding carboxylic acids is 1. The largest absolute Gasteiger partial charge is 0.469 e. The van der Waals surface area contributed by atoms with Crippen LogP contribution in [-0.4, -0.2) is 27.5 Å². The molecule has 0 aromatic heterocycles. The molecule has 1 aliphatic carbocycles. The highest BCUT2D eigenvalue weighted by atomic mass is 32.2. The van der Waals surface area contributed by atoms with Crippen LogP contribution in [0.25, 0.3) is 11.1 Å². The Hall–Kier alpha value is -2.32. The van der Waals surface area contributed by atoms with Crippen LogP contribution in [0.3, 0.4) is 0 Å². The lowest BCUT2D eigenvalue weighted by atomic mass is 10.1. The van der Waals surface area contributed by atoms with Gasteiger partial charge in [0.2, 0.25) is 10.0 Å². The van der Waals surface area contributed by atoms with Crippen LogP contribution in [0.15, 0.2) is 47.4 Å². The number of nitrogens with one attached hydrogen (secondary N) is 1. The van der Waals surface area contributed by atoms with E-state index in [9.17, 15) is 22.0 Å². The van der Waals surface area contributed by atoms with Gasteiger partial charge in [-0.15, -0.1) is 0 Å². The normalized spacial score (nSPS) is 19.8. The Kier molecular flexibility index (Phi) is 5.57. The van der Waals surface area contributed by atoms with Gasteiger partial charge in [0, 0.05) is 23.2 Å². The predicted molar refractivity (Wildman–Crippen MR) is 95.3 cm³/mol. The molecule has 2 aromatic rings. The lowest BCUT2D eigenvalue weighted by Gasteiger charge is -2.16. The molecule has 27 heavy (non-hydrogen) atoms. The molecule has 5 nitrogen and oxygen atoms in total. The van der Waals surface area contributed by atoms with E-state index < -0.39 is 27.7 Å². The first-order valence-corrected chi connectivity index (χ1v) is 9.94. The van der Waals surface area contributed by atoms with Crippen molar-refractivity contribution in [3.05, 3.63) is 54.1 Å². The number of carbonyl (C=O) groups is 1. The number of rotatable bonds is 5. The zero-order valence-corrected chi connectivity index (χ0v) is 15.4. The van der Waals surface area contributed by atoms with Crippen molar-refractivity contribution in [1.29, 1.82) is 0 Å². The van der Waals surface area contributed by atoms with Crippen LogP contribution in [0, 0.1) is 17.6 Å². The third-order valence-corrected chi connectivity index (χ3v) is 6.27. The monoisotopic (exact) mass is 395 g/mol. The molecule has 0 heterocycles. The number of hydrogen-bond donors (Lipinski definition) is 1. The number of hydrogen-bond acceptors (Lipinski definition) is 4. The van der Waals surface area contributed by atoms with Crippen molar-refractivity contribution in [2.45, 2.75) is 30.2 Å². The molecule has 2 aromatic carbocycles. The molecule has 1 saturated carbocycles. The zero-order valence-electron chi connectivity index (χ0n) is 14.6. The van der Waals surface area contributed by atoms with E-state index in [4.69, 9.17) is 4.74 Å². The average molecular weight is 395 g/mol. The van der Waals surface area contributed by atoms with E-state index in [1.807, 2.05) is 0 Å². The first-order chi connectivity index (χ1) is 12.8. The molecule has 3 rings (SSSR count). The molecular formula is C19H19F2NO4S. The average Bonchev–Trinajstić information content (AvgIpc) is 3.09. The second-order valence-corrected chi connectivity index (χ2v) is 8.15. The van der Waals surface area contributed by atoms with E-state index in [0.717, 1.165) is 6.07 Å². The van der Waals surface area contributed by atoms with Crippen molar-refractivity contribution in [3.63, 3.8) is 0 Å². The van der Waals surface area contributed by atoms with Gasteiger partial charge in [-0.1, -0.05) is 18.2 Å². The molecule has 0 spiro atoms. The Bertz CT molecular complexity index is 962. The Balaban J connectivity index is 1.89. The highest BCUT2D eigenvalue weighted by Crippen LogP contribution is 2.32. The summed E-state index contributed by atoms with van der Waals surface area (Å²) in [6.45, 7) is 0. The van der Waals surface area contributed by atoms with Crippen LogP contribution in [0.4, 0.5) is 8.78 Å². The minimum atomic E-state index is -3.97. The van der Waals surface area contributed by atoms with Gasteiger partial charge >= 0.3 is 5.97 Å². The summed E-state index contributed by atoms with van der Waals surface area (Å²) in [6, 6.07) is 8.54. The molecule has 0 bridgehead atoms. The summed E-state index contributed by atoms with van der Waals surface area (Å²) >= 11 is 0. The van der Waals surface area contributed by atoms with Gasteiger partial charge < -0.3 is 4.74 Å². The van der Waals surface area contributed by atoms with Crippen molar-refractivity contribution in [3.8, 4) is 11.1 Å². The van der Waals surface area contributed by atoms with Crippen molar-refractivity contribution in [2.24, 2.45) is 5.92 Å². The molecule has 2 atom stereocenters. The first-order valence-electron chi connectivity index (χ1n) is 8.46. The standard InChI is InChI=1S/C19H19F2NO4S/c1-26-19(23)12-6-8-14(10-12)22-27(24,25)18-5-3-2-4-16(18)15-9-7-13(20)11-17(15)21/h2-5,7,9,11-12,14,22H,6,8,10H2,1H3/t12?,14-/m0/s1. The van der Waals surface area contributed by atoms with Crippen LogP contribution in [0.2, 0.25) is 0 Å². The van der Waals surface area contributed by atoms with E-state index >= 15 is 0 Å². The van der Waals surface area contributed by atoms with Crippen LogP contribution < -0.4 is 4.72 Å². The lowest BCUT2D eigenvalue weighted by Crippen LogP contribution is -2.33. The molecule has 8 heteroatoms. The predicted octanol–water partition coefficient (Wildman–Crippen LogP) is 3.25. The van der Waals surface area contributed by atoms with Crippen molar-refractivity contribution < 1.29 is 26.7 Å². The van der Waals surface area contributed by atoms with Gasteiger partial charge in [-0.2, -0.15) is 0 Å². The number of sulfonamides is 1. The number of ether oxygens (including phenoxy) is 1. The van der Waals surface area contributed by atoms with Gasteiger partial charge in [-0.05, 0) is 37.5 Å². The molecule has 1 fully saturated rings. The highest BCUT2D eigenvalue weighted by molar-refractivity contribution is 7.89. The van der Waals surface area contributed by atoms with Crippen LogP contribution in [0.1, 0.15) is 19.3 Å². The third kappa shape index (κ3) is 4.17. The van der Waals surface area contributed by atoms with E-state index in [2.05, 4.69) is 4.72 Å². The van der Waals surface area contributed by atoms with E-state index in [0.29, 0.717) is 25.3 Å². The minimum Gasteiger partial charge on any atom is -0.469 e. The van der Waals surface area contributed by atoms with Crippen LogP contribution in [-0.2, 0) is 19.6 Å². The third-order valence-electron chi connectivity index (χ3n) is 4.69. The maximum Gasteiger partial charge on any atom is 0.308 e. The fourth-order valence-corrected chi connectivity index (χ4v) is 4.89. The van der Waals surface area contributed by atoms with Crippen molar-refractivity contribution in [1.82, 2.24) is 4.72 Å². The van der Waals surface area contributed by atoms with Gasteiger partial charge in [0.05, 0.1) is 17.9 Å². The van der Waals surface area contributed by atoms with E-state index in [1.165, 1.54) is 31.4 Å². The molecule has 1 aliphatic rings. The maximum absolute atomic E-state index is 14.2. The second kappa shape index (κ2) is 7.74. The molecule has 0 aliphatic heterocycles.